The Balaban J connectivity index is 1.64. The number of ether oxygens (including phenoxy) is 3. The van der Waals surface area contributed by atoms with Crippen LogP contribution >= 0.6 is 0 Å². The number of rotatable bonds is 3. The van der Waals surface area contributed by atoms with Crippen molar-refractivity contribution in [3.8, 4) is 11.5 Å². The third-order valence-corrected chi connectivity index (χ3v) is 4.16. The highest BCUT2D eigenvalue weighted by atomic mass is 16.6. The van der Waals surface area contributed by atoms with E-state index in [0.717, 1.165) is 28.8 Å². The molecule has 1 saturated carbocycles. The molecule has 4 heteroatoms. The fourth-order valence-corrected chi connectivity index (χ4v) is 2.88. The number of hydrogen-bond acceptors (Lipinski definition) is 4. The van der Waals surface area contributed by atoms with Gasteiger partial charge in [0, 0.05) is 24.1 Å². The van der Waals surface area contributed by atoms with Gasteiger partial charge in [-0.2, -0.15) is 0 Å². The number of fused-ring (bicyclic) bond motifs is 1. The van der Waals surface area contributed by atoms with E-state index in [9.17, 15) is 0 Å². The molecular formula is C16H17NO3. The predicted octanol–water partition coefficient (Wildman–Crippen LogP) is 2.94. The second-order valence-corrected chi connectivity index (χ2v) is 5.64. The molecule has 2 aliphatic rings. The van der Waals surface area contributed by atoms with Crippen molar-refractivity contribution in [3.63, 3.8) is 0 Å². The lowest BCUT2D eigenvalue weighted by molar-refractivity contribution is 0.0781. The lowest BCUT2D eigenvalue weighted by Crippen LogP contribution is -2.17. The van der Waals surface area contributed by atoms with Crippen molar-refractivity contribution in [3.05, 3.63) is 30.5 Å². The van der Waals surface area contributed by atoms with E-state index in [0.29, 0.717) is 6.61 Å². The molecule has 20 heavy (non-hydrogen) atoms. The van der Waals surface area contributed by atoms with E-state index in [1.54, 1.807) is 13.3 Å². The van der Waals surface area contributed by atoms with Crippen LogP contribution in [0, 0.1) is 0 Å². The van der Waals surface area contributed by atoms with Crippen molar-refractivity contribution >= 4 is 10.9 Å². The van der Waals surface area contributed by atoms with Gasteiger partial charge in [0.2, 0.25) is 0 Å². The maximum absolute atomic E-state index is 6.09. The van der Waals surface area contributed by atoms with Gasteiger partial charge in [-0.25, -0.2) is 0 Å². The number of nitrogens with zero attached hydrogens (tertiary/aromatic N) is 1. The van der Waals surface area contributed by atoms with Gasteiger partial charge in [0.1, 0.15) is 6.10 Å². The van der Waals surface area contributed by atoms with Gasteiger partial charge >= 0.3 is 0 Å². The average molecular weight is 271 g/mol. The van der Waals surface area contributed by atoms with Crippen molar-refractivity contribution < 1.29 is 14.2 Å². The Morgan fingerprint density at radius 1 is 1.30 bits per heavy atom. The van der Waals surface area contributed by atoms with Gasteiger partial charge in [-0.3, -0.25) is 4.98 Å². The van der Waals surface area contributed by atoms with E-state index in [-0.39, 0.29) is 11.7 Å². The molecular weight excluding hydrogens is 254 g/mol. The zero-order valence-electron chi connectivity index (χ0n) is 11.5. The molecule has 4 nitrogen and oxygen atoms in total. The average Bonchev–Trinajstić information content (AvgIpc) is 3.11. The van der Waals surface area contributed by atoms with Gasteiger partial charge in [0.25, 0.3) is 0 Å². The summed E-state index contributed by atoms with van der Waals surface area (Å²) in [7, 11) is 1.66. The van der Waals surface area contributed by atoms with E-state index in [1.165, 1.54) is 12.8 Å². The highest BCUT2D eigenvalue weighted by molar-refractivity contribution is 5.82. The molecule has 1 aromatic heterocycles. The molecule has 1 spiro atoms. The summed E-state index contributed by atoms with van der Waals surface area (Å²) in [5, 5.41) is 1.05. The first kappa shape index (κ1) is 12.0. The summed E-state index contributed by atoms with van der Waals surface area (Å²) in [6.45, 7) is 0.670. The Morgan fingerprint density at radius 3 is 2.95 bits per heavy atom. The quantitative estimate of drug-likeness (QED) is 0.860. The molecule has 0 amide bonds. The molecule has 1 aliphatic heterocycles. The largest absolute Gasteiger partial charge is 0.493 e. The van der Waals surface area contributed by atoms with Gasteiger partial charge in [-0.05, 0) is 25.0 Å². The molecule has 0 N–H and O–H groups in total. The third-order valence-electron chi connectivity index (χ3n) is 4.16. The molecule has 1 unspecified atom stereocenters. The minimum atomic E-state index is 0.118. The van der Waals surface area contributed by atoms with Crippen LogP contribution in [0.1, 0.15) is 19.3 Å². The summed E-state index contributed by atoms with van der Waals surface area (Å²) in [5.74, 6) is 1.51. The molecule has 2 aromatic rings. The number of pyridine rings is 1. The van der Waals surface area contributed by atoms with Crippen molar-refractivity contribution in [2.75, 3.05) is 13.7 Å². The first-order valence-corrected chi connectivity index (χ1v) is 7.01. The monoisotopic (exact) mass is 271 g/mol. The van der Waals surface area contributed by atoms with Gasteiger partial charge in [0.15, 0.2) is 11.5 Å². The molecule has 1 saturated heterocycles. The lowest BCUT2D eigenvalue weighted by atomic mass is 10.1. The van der Waals surface area contributed by atoms with Crippen LogP contribution in [0.4, 0.5) is 0 Å². The van der Waals surface area contributed by atoms with E-state index < -0.39 is 0 Å². The molecule has 0 radical (unpaired) electrons. The summed E-state index contributed by atoms with van der Waals surface area (Å²) < 4.78 is 17.3. The SMILES string of the molecule is COc1cc2cccnc2cc1OC1COC2(CC2)C1. The zero-order chi connectivity index (χ0) is 13.6. The van der Waals surface area contributed by atoms with E-state index in [4.69, 9.17) is 14.2 Å². The van der Waals surface area contributed by atoms with Crippen molar-refractivity contribution in [1.82, 2.24) is 4.98 Å². The van der Waals surface area contributed by atoms with Crippen molar-refractivity contribution in [2.45, 2.75) is 31.0 Å². The van der Waals surface area contributed by atoms with Crippen LogP contribution in [0.25, 0.3) is 10.9 Å². The summed E-state index contributed by atoms with van der Waals surface area (Å²) in [5.41, 5.74) is 1.05. The highest BCUT2D eigenvalue weighted by Crippen LogP contribution is 2.48. The molecule has 0 bridgehead atoms. The number of methoxy groups -OCH3 is 1. The summed E-state index contributed by atoms with van der Waals surface area (Å²) in [6.07, 6.45) is 5.23. The van der Waals surface area contributed by atoms with E-state index in [1.807, 2.05) is 24.3 Å². The van der Waals surface area contributed by atoms with Crippen LogP contribution in [-0.4, -0.2) is 30.4 Å². The second-order valence-electron chi connectivity index (χ2n) is 5.64. The Morgan fingerprint density at radius 2 is 2.20 bits per heavy atom. The number of benzene rings is 1. The standard InChI is InChI=1S/C16H17NO3/c1-18-14-7-11-3-2-6-17-13(11)8-15(14)20-12-9-16(4-5-16)19-10-12/h2-3,6-8,12H,4-5,9-10H2,1H3. The topological polar surface area (TPSA) is 40.6 Å². The lowest BCUT2D eigenvalue weighted by Gasteiger charge is -2.15. The molecule has 1 aromatic carbocycles. The Kier molecular flexibility index (Phi) is 2.60. The molecule has 4 rings (SSSR count). The number of hydrogen-bond donors (Lipinski definition) is 0. The summed E-state index contributed by atoms with van der Waals surface area (Å²) in [4.78, 5) is 4.37. The Labute approximate surface area is 117 Å². The number of aromatic nitrogens is 1. The van der Waals surface area contributed by atoms with Gasteiger partial charge in [-0.15, -0.1) is 0 Å². The van der Waals surface area contributed by atoms with Crippen LogP contribution in [0.5, 0.6) is 11.5 Å². The fraction of sp³-hybridized carbons (Fsp3) is 0.438. The van der Waals surface area contributed by atoms with E-state index >= 15 is 0 Å². The van der Waals surface area contributed by atoms with E-state index in [2.05, 4.69) is 4.98 Å². The first-order chi connectivity index (χ1) is 9.78. The van der Waals surface area contributed by atoms with Crippen LogP contribution in [0.2, 0.25) is 0 Å². The van der Waals surface area contributed by atoms with Crippen LogP contribution in [0.15, 0.2) is 30.5 Å². The molecule has 1 atom stereocenters. The maximum atomic E-state index is 6.09. The third kappa shape index (κ3) is 2.00. The first-order valence-electron chi connectivity index (χ1n) is 7.01. The van der Waals surface area contributed by atoms with Crippen molar-refractivity contribution in [2.24, 2.45) is 0 Å². The molecule has 2 heterocycles. The fourth-order valence-electron chi connectivity index (χ4n) is 2.88. The molecule has 104 valence electrons. The molecule has 1 aliphatic carbocycles. The maximum Gasteiger partial charge on any atom is 0.163 e. The minimum absolute atomic E-state index is 0.118. The summed E-state index contributed by atoms with van der Waals surface area (Å²) >= 11 is 0. The van der Waals surface area contributed by atoms with Gasteiger partial charge in [0.05, 0.1) is 24.8 Å². The second kappa shape index (κ2) is 4.35. The van der Waals surface area contributed by atoms with Crippen LogP contribution < -0.4 is 9.47 Å². The van der Waals surface area contributed by atoms with Crippen LogP contribution in [-0.2, 0) is 4.74 Å². The normalized spacial score (nSPS) is 23.1. The summed E-state index contributed by atoms with van der Waals surface area (Å²) in [6, 6.07) is 7.86. The Hall–Kier alpha value is -1.81. The minimum Gasteiger partial charge on any atom is -0.493 e. The van der Waals surface area contributed by atoms with Gasteiger partial charge in [-0.1, -0.05) is 6.07 Å². The predicted molar refractivity (Wildman–Crippen MR) is 75.2 cm³/mol. The Bertz CT molecular complexity index is 651. The zero-order valence-corrected chi connectivity index (χ0v) is 11.5. The van der Waals surface area contributed by atoms with Crippen molar-refractivity contribution in [1.29, 1.82) is 0 Å². The highest BCUT2D eigenvalue weighted by Gasteiger charge is 2.51. The smallest absolute Gasteiger partial charge is 0.163 e. The molecule has 2 fully saturated rings. The van der Waals surface area contributed by atoms with Crippen LogP contribution in [0.3, 0.4) is 0 Å². The van der Waals surface area contributed by atoms with Gasteiger partial charge < -0.3 is 14.2 Å².